The Morgan fingerprint density at radius 2 is 2.16 bits per heavy atom. The van der Waals surface area contributed by atoms with Gasteiger partial charge in [-0.1, -0.05) is 0 Å². The standard InChI is InChI=1S/C15H13Br2N5O3/c16-8-4-10(13(14(19)23)20-6-8)9(15(24)25)2-1-3-22-7-11(17)12(5-18)21-22/h4,6-7,9H,1-3H2,(H2,19,23)(H,24,25). The van der Waals surface area contributed by atoms with E-state index in [2.05, 4.69) is 41.9 Å². The summed E-state index contributed by atoms with van der Waals surface area (Å²) in [5, 5.41) is 22.5. The van der Waals surface area contributed by atoms with Crippen LogP contribution in [0.3, 0.4) is 0 Å². The maximum absolute atomic E-state index is 11.7. The monoisotopic (exact) mass is 469 g/mol. The first-order valence-electron chi connectivity index (χ1n) is 7.14. The largest absolute Gasteiger partial charge is 0.481 e. The van der Waals surface area contributed by atoms with Crippen LogP contribution in [0.1, 0.15) is 40.5 Å². The number of pyridine rings is 1. The molecule has 2 aromatic rings. The van der Waals surface area contributed by atoms with Gasteiger partial charge in [-0.05, 0) is 56.3 Å². The van der Waals surface area contributed by atoms with Crippen LogP contribution in [0.5, 0.6) is 0 Å². The maximum Gasteiger partial charge on any atom is 0.311 e. The Balaban J connectivity index is 2.17. The number of aromatic nitrogens is 3. The van der Waals surface area contributed by atoms with Gasteiger partial charge in [0.05, 0.1) is 10.4 Å². The van der Waals surface area contributed by atoms with Crippen molar-refractivity contribution >= 4 is 43.7 Å². The Hall–Kier alpha value is -2.25. The van der Waals surface area contributed by atoms with Gasteiger partial charge < -0.3 is 10.8 Å². The fourth-order valence-electron chi connectivity index (χ4n) is 2.38. The van der Waals surface area contributed by atoms with Gasteiger partial charge in [-0.2, -0.15) is 10.4 Å². The van der Waals surface area contributed by atoms with Gasteiger partial charge in [-0.25, -0.2) is 4.98 Å². The molecule has 0 saturated carbocycles. The molecule has 0 aliphatic carbocycles. The molecule has 0 fully saturated rings. The summed E-state index contributed by atoms with van der Waals surface area (Å²) in [5.41, 5.74) is 5.78. The second kappa shape index (κ2) is 8.22. The highest BCUT2D eigenvalue weighted by atomic mass is 79.9. The minimum atomic E-state index is -1.07. The molecule has 1 atom stereocenters. The molecule has 0 aliphatic heterocycles. The highest BCUT2D eigenvalue weighted by Gasteiger charge is 2.25. The van der Waals surface area contributed by atoms with Crippen LogP contribution in [0.15, 0.2) is 27.4 Å². The molecule has 1 unspecified atom stereocenters. The zero-order chi connectivity index (χ0) is 18.6. The van der Waals surface area contributed by atoms with Crippen molar-refractivity contribution in [3.8, 4) is 6.07 Å². The third kappa shape index (κ3) is 4.64. The molecule has 2 heterocycles. The first-order chi connectivity index (χ1) is 11.8. The zero-order valence-corrected chi connectivity index (χ0v) is 16.0. The fraction of sp³-hybridized carbons (Fsp3) is 0.267. The second-order valence-corrected chi connectivity index (χ2v) is 6.96. The van der Waals surface area contributed by atoms with Gasteiger partial charge in [0.2, 0.25) is 0 Å². The molecule has 0 bridgehead atoms. The number of nitrogens with zero attached hydrogens (tertiary/aromatic N) is 4. The molecular weight excluding hydrogens is 458 g/mol. The maximum atomic E-state index is 11.7. The van der Waals surface area contributed by atoms with E-state index >= 15 is 0 Å². The molecule has 0 aromatic carbocycles. The predicted octanol–water partition coefficient (Wildman–Crippen LogP) is 2.42. The Kier molecular flexibility index (Phi) is 6.27. The minimum Gasteiger partial charge on any atom is -0.481 e. The number of carbonyl (C=O) groups is 2. The summed E-state index contributed by atoms with van der Waals surface area (Å²) >= 11 is 6.46. The van der Waals surface area contributed by atoms with E-state index in [-0.39, 0.29) is 23.4 Å². The average Bonchev–Trinajstić information content (AvgIpc) is 2.90. The van der Waals surface area contributed by atoms with Crippen LogP contribution >= 0.6 is 31.9 Å². The number of carboxylic acid groups (broad SMARTS) is 1. The third-order valence-corrected chi connectivity index (χ3v) is 4.51. The molecule has 0 aliphatic rings. The fourth-order valence-corrected chi connectivity index (χ4v) is 3.14. The van der Waals surface area contributed by atoms with Gasteiger partial charge in [0, 0.05) is 23.4 Å². The third-order valence-electron chi connectivity index (χ3n) is 3.49. The molecule has 1 amide bonds. The smallest absolute Gasteiger partial charge is 0.311 e. The van der Waals surface area contributed by atoms with Crippen LogP contribution in [0.25, 0.3) is 0 Å². The van der Waals surface area contributed by atoms with E-state index in [0.29, 0.717) is 21.9 Å². The Morgan fingerprint density at radius 3 is 2.72 bits per heavy atom. The number of rotatable bonds is 7. The molecule has 10 heteroatoms. The minimum absolute atomic E-state index is 0.0517. The quantitative estimate of drug-likeness (QED) is 0.637. The summed E-state index contributed by atoms with van der Waals surface area (Å²) in [6.45, 7) is 0.428. The Morgan fingerprint density at radius 1 is 1.44 bits per heavy atom. The van der Waals surface area contributed by atoms with Gasteiger partial charge >= 0.3 is 5.97 Å². The summed E-state index contributed by atoms with van der Waals surface area (Å²) in [7, 11) is 0. The lowest BCUT2D eigenvalue weighted by Crippen LogP contribution is -2.21. The predicted molar refractivity (Wildman–Crippen MR) is 94.7 cm³/mol. The van der Waals surface area contributed by atoms with E-state index < -0.39 is 17.8 Å². The van der Waals surface area contributed by atoms with Crippen molar-refractivity contribution in [1.29, 1.82) is 5.26 Å². The Bertz CT molecular complexity index is 859. The van der Waals surface area contributed by atoms with Crippen LogP contribution in [-0.2, 0) is 11.3 Å². The van der Waals surface area contributed by atoms with Crippen LogP contribution in [0.2, 0.25) is 0 Å². The lowest BCUT2D eigenvalue weighted by molar-refractivity contribution is -0.139. The highest BCUT2D eigenvalue weighted by molar-refractivity contribution is 9.10. The number of primary amides is 1. The number of aryl methyl sites for hydroxylation is 1. The number of amides is 1. The van der Waals surface area contributed by atoms with E-state index in [1.807, 2.05) is 6.07 Å². The molecule has 130 valence electrons. The lowest BCUT2D eigenvalue weighted by atomic mass is 9.92. The molecular formula is C15H13Br2N5O3. The van der Waals surface area contributed by atoms with Gasteiger partial charge in [-0.15, -0.1) is 0 Å². The molecule has 0 spiro atoms. The SMILES string of the molecule is N#Cc1nn(CCCC(C(=O)O)c2cc(Br)cnc2C(N)=O)cc1Br. The number of carboxylic acids is 1. The first-order valence-corrected chi connectivity index (χ1v) is 8.73. The molecule has 8 nitrogen and oxygen atoms in total. The normalized spacial score (nSPS) is 11.7. The van der Waals surface area contributed by atoms with E-state index in [1.165, 1.54) is 6.20 Å². The number of halogens is 2. The van der Waals surface area contributed by atoms with E-state index in [0.717, 1.165) is 0 Å². The van der Waals surface area contributed by atoms with Crippen molar-refractivity contribution in [1.82, 2.24) is 14.8 Å². The second-order valence-electron chi connectivity index (χ2n) is 5.19. The van der Waals surface area contributed by atoms with E-state index in [9.17, 15) is 14.7 Å². The van der Waals surface area contributed by atoms with Crippen LogP contribution < -0.4 is 5.73 Å². The number of hydrogen-bond donors (Lipinski definition) is 2. The number of carbonyl (C=O) groups excluding carboxylic acids is 1. The molecule has 2 rings (SSSR count). The number of nitrogens with two attached hydrogens (primary N) is 1. The van der Waals surface area contributed by atoms with Gasteiger partial charge in [0.15, 0.2) is 5.69 Å². The van der Waals surface area contributed by atoms with E-state index in [4.69, 9.17) is 11.0 Å². The summed E-state index contributed by atoms with van der Waals surface area (Å²) < 4.78 is 2.71. The molecule has 0 saturated heterocycles. The van der Waals surface area contributed by atoms with Gasteiger partial charge in [0.1, 0.15) is 11.8 Å². The number of aliphatic carboxylic acids is 1. The first kappa shape index (κ1) is 19.1. The van der Waals surface area contributed by atoms with Crippen LogP contribution in [0, 0.1) is 11.3 Å². The topological polar surface area (TPSA) is 135 Å². The van der Waals surface area contributed by atoms with Crippen molar-refractivity contribution < 1.29 is 14.7 Å². The van der Waals surface area contributed by atoms with Crippen molar-refractivity contribution in [3.63, 3.8) is 0 Å². The van der Waals surface area contributed by atoms with Crippen LogP contribution in [0.4, 0.5) is 0 Å². The highest BCUT2D eigenvalue weighted by Crippen LogP contribution is 2.27. The average molecular weight is 471 g/mol. The molecule has 2 aromatic heterocycles. The molecule has 0 radical (unpaired) electrons. The molecule has 25 heavy (non-hydrogen) atoms. The summed E-state index contributed by atoms with van der Waals surface area (Å²) in [6, 6.07) is 3.49. The lowest BCUT2D eigenvalue weighted by Gasteiger charge is -2.15. The summed E-state index contributed by atoms with van der Waals surface area (Å²) in [4.78, 5) is 27.1. The van der Waals surface area contributed by atoms with Crippen molar-refractivity contribution in [2.24, 2.45) is 5.73 Å². The summed E-state index contributed by atoms with van der Waals surface area (Å²) in [5.74, 6) is -2.77. The molecule has 3 N–H and O–H groups in total. The van der Waals surface area contributed by atoms with Crippen molar-refractivity contribution in [2.45, 2.75) is 25.3 Å². The van der Waals surface area contributed by atoms with Crippen molar-refractivity contribution in [2.75, 3.05) is 0 Å². The zero-order valence-electron chi connectivity index (χ0n) is 12.8. The van der Waals surface area contributed by atoms with Gasteiger partial charge in [0.25, 0.3) is 5.91 Å². The van der Waals surface area contributed by atoms with Crippen LogP contribution in [-0.4, -0.2) is 31.7 Å². The number of nitriles is 1. The number of hydrogen-bond acceptors (Lipinski definition) is 5. The van der Waals surface area contributed by atoms with E-state index in [1.54, 1.807) is 16.9 Å². The summed E-state index contributed by atoms with van der Waals surface area (Å²) in [6.07, 6.45) is 3.78. The Labute approximate surface area is 159 Å². The van der Waals surface area contributed by atoms with Crippen molar-refractivity contribution in [3.05, 3.63) is 44.4 Å². The van der Waals surface area contributed by atoms with Gasteiger partial charge in [-0.3, -0.25) is 14.3 Å².